The van der Waals surface area contributed by atoms with Crippen LogP contribution in [0.3, 0.4) is 0 Å². The maximum absolute atomic E-state index is 13.6. The summed E-state index contributed by atoms with van der Waals surface area (Å²) >= 11 is 0. The number of anilines is 1. The zero-order valence-corrected chi connectivity index (χ0v) is 15.8. The predicted octanol–water partition coefficient (Wildman–Crippen LogP) is 4.31. The van der Waals surface area contributed by atoms with Crippen molar-refractivity contribution in [3.05, 3.63) is 29.3 Å². The summed E-state index contributed by atoms with van der Waals surface area (Å²) in [5, 5.41) is 8.98. The third-order valence-electron chi connectivity index (χ3n) is 6.85. The van der Waals surface area contributed by atoms with Gasteiger partial charge in [0.25, 0.3) is 0 Å². The molecular formula is C19H21F3N2O2S. The monoisotopic (exact) mass is 398 g/mol. The van der Waals surface area contributed by atoms with Crippen LogP contribution in [0.25, 0.3) is 0 Å². The highest BCUT2D eigenvalue weighted by molar-refractivity contribution is 7.94. The zero-order valence-electron chi connectivity index (χ0n) is 15.0. The van der Waals surface area contributed by atoms with Crippen molar-refractivity contribution < 1.29 is 21.6 Å². The van der Waals surface area contributed by atoms with Gasteiger partial charge in [0, 0.05) is 12.5 Å². The first-order chi connectivity index (χ1) is 12.7. The van der Waals surface area contributed by atoms with Crippen LogP contribution < -0.4 is 4.31 Å². The lowest BCUT2D eigenvalue weighted by atomic mass is 9.76. The molecule has 1 aromatic rings. The maximum atomic E-state index is 13.6. The van der Waals surface area contributed by atoms with Gasteiger partial charge in [-0.3, -0.25) is 4.31 Å². The number of fused-ring (bicyclic) bond motifs is 5. The Balaban J connectivity index is 1.82. The normalized spacial score (nSPS) is 33.9. The van der Waals surface area contributed by atoms with E-state index in [-0.39, 0.29) is 24.1 Å². The number of alkyl halides is 3. The minimum absolute atomic E-state index is 0.0191. The summed E-state index contributed by atoms with van der Waals surface area (Å²) in [5.74, 6) is 0.413. The first kappa shape index (κ1) is 18.6. The molecule has 0 aromatic heterocycles. The number of benzene rings is 1. The van der Waals surface area contributed by atoms with Crippen molar-refractivity contribution in [1.82, 2.24) is 0 Å². The third-order valence-corrected chi connectivity index (χ3v) is 9.59. The van der Waals surface area contributed by atoms with E-state index in [1.165, 1.54) is 10.4 Å². The molecule has 4 nitrogen and oxygen atoms in total. The molecule has 1 saturated heterocycles. The SMILES string of the molecule is CCC[C@@]12[C@H]3CC[C@@H](C3)[C@@H]1CN(c1ccc(C#N)c(C(F)(F)F)c1)S2(=O)=O. The van der Waals surface area contributed by atoms with E-state index in [0.29, 0.717) is 12.3 Å². The molecular weight excluding hydrogens is 377 g/mol. The van der Waals surface area contributed by atoms with Gasteiger partial charge in [0.15, 0.2) is 0 Å². The second-order valence-corrected chi connectivity index (χ2v) is 10.1. The Labute approximate surface area is 157 Å². The molecule has 4 atom stereocenters. The van der Waals surface area contributed by atoms with Crippen LogP contribution in [0.15, 0.2) is 18.2 Å². The van der Waals surface area contributed by atoms with Crippen LogP contribution in [-0.4, -0.2) is 19.7 Å². The lowest BCUT2D eigenvalue weighted by Gasteiger charge is -2.37. The second kappa shape index (κ2) is 5.87. The van der Waals surface area contributed by atoms with Gasteiger partial charge < -0.3 is 0 Å². The lowest BCUT2D eigenvalue weighted by Crippen LogP contribution is -2.47. The highest BCUT2D eigenvalue weighted by Gasteiger charge is 2.69. The molecule has 0 unspecified atom stereocenters. The molecule has 0 spiro atoms. The van der Waals surface area contributed by atoms with E-state index < -0.39 is 32.1 Å². The van der Waals surface area contributed by atoms with E-state index in [1.54, 1.807) is 6.07 Å². The Morgan fingerprint density at radius 3 is 2.70 bits per heavy atom. The number of nitriles is 1. The van der Waals surface area contributed by atoms with Crippen LogP contribution in [0, 0.1) is 29.1 Å². The van der Waals surface area contributed by atoms with Crippen LogP contribution in [0.4, 0.5) is 18.9 Å². The van der Waals surface area contributed by atoms with Crippen molar-refractivity contribution in [2.24, 2.45) is 17.8 Å². The van der Waals surface area contributed by atoms with Gasteiger partial charge in [-0.05, 0) is 55.7 Å². The summed E-state index contributed by atoms with van der Waals surface area (Å²) in [5.41, 5.74) is -1.56. The molecule has 2 bridgehead atoms. The second-order valence-electron chi connectivity index (χ2n) is 7.96. The Kier molecular flexibility index (Phi) is 4.05. The van der Waals surface area contributed by atoms with Crippen molar-refractivity contribution in [3.63, 3.8) is 0 Å². The van der Waals surface area contributed by atoms with Crippen LogP contribution in [0.5, 0.6) is 0 Å². The topological polar surface area (TPSA) is 61.2 Å². The average Bonchev–Trinajstić information content (AvgIpc) is 3.25. The van der Waals surface area contributed by atoms with Crippen molar-refractivity contribution in [2.75, 3.05) is 10.8 Å². The first-order valence-corrected chi connectivity index (χ1v) is 10.7. The molecule has 0 N–H and O–H groups in total. The fourth-order valence-corrected chi connectivity index (χ4v) is 8.79. The van der Waals surface area contributed by atoms with E-state index in [1.807, 2.05) is 6.92 Å². The molecule has 1 heterocycles. The molecule has 4 rings (SSSR count). The molecule has 2 saturated carbocycles. The summed E-state index contributed by atoms with van der Waals surface area (Å²) < 4.78 is 67.5. The third kappa shape index (κ3) is 2.36. The standard InChI is InChI=1S/C19H21F3N2O2S/c1-2-7-18-14-5-3-12(8-14)17(18)11-24(27(18,25)26)15-6-4-13(10-23)16(9-15)19(20,21)22/h4,6,9,12,14,17H,2-3,5,7-8,11H2,1H3/t12-,14-,17-,18+/m0/s1. The Morgan fingerprint density at radius 2 is 2.07 bits per heavy atom. The molecule has 0 amide bonds. The Hall–Kier alpha value is -1.75. The highest BCUT2D eigenvalue weighted by Crippen LogP contribution is 2.64. The molecule has 1 aliphatic heterocycles. The van der Waals surface area contributed by atoms with E-state index in [4.69, 9.17) is 5.26 Å². The molecule has 0 radical (unpaired) electrons. The maximum Gasteiger partial charge on any atom is 0.417 e. The molecule has 27 heavy (non-hydrogen) atoms. The van der Waals surface area contributed by atoms with Crippen LogP contribution in [0.2, 0.25) is 0 Å². The summed E-state index contributed by atoms with van der Waals surface area (Å²) in [6.07, 6.45) is -0.617. The van der Waals surface area contributed by atoms with Gasteiger partial charge in [-0.2, -0.15) is 18.4 Å². The van der Waals surface area contributed by atoms with Gasteiger partial charge >= 0.3 is 6.18 Å². The van der Waals surface area contributed by atoms with Gasteiger partial charge in [0.1, 0.15) is 0 Å². The van der Waals surface area contributed by atoms with Crippen LogP contribution in [-0.2, 0) is 16.2 Å². The Bertz CT molecular complexity index is 922. The van der Waals surface area contributed by atoms with E-state index in [9.17, 15) is 21.6 Å². The fourth-order valence-electron chi connectivity index (χ4n) is 5.89. The molecule has 8 heteroatoms. The van der Waals surface area contributed by atoms with Crippen molar-refractivity contribution in [3.8, 4) is 6.07 Å². The van der Waals surface area contributed by atoms with Crippen LogP contribution >= 0.6 is 0 Å². The van der Waals surface area contributed by atoms with E-state index in [0.717, 1.165) is 37.8 Å². The van der Waals surface area contributed by atoms with Gasteiger partial charge in [0.2, 0.25) is 10.0 Å². The van der Waals surface area contributed by atoms with Crippen LogP contribution in [0.1, 0.15) is 50.2 Å². The van der Waals surface area contributed by atoms with Crippen molar-refractivity contribution >= 4 is 15.7 Å². The molecule has 2 aliphatic carbocycles. The smallest absolute Gasteiger partial charge is 0.269 e. The van der Waals surface area contributed by atoms with E-state index in [2.05, 4.69) is 0 Å². The Morgan fingerprint density at radius 1 is 1.33 bits per heavy atom. The summed E-state index contributed by atoms with van der Waals surface area (Å²) in [6, 6.07) is 4.76. The zero-order chi connectivity index (χ0) is 19.6. The number of rotatable bonds is 3. The molecule has 3 aliphatic rings. The lowest BCUT2D eigenvalue weighted by molar-refractivity contribution is -0.137. The minimum Gasteiger partial charge on any atom is -0.269 e. The summed E-state index contributed by atoms with van der Waals surface area (Å²) in [6.45, 7) is 2.20. The predicted molar refractivity (Wildman–Crippen MR) is 94.4 cm³/mol. The fraction of sp³-hybridized carbons (Fsp3) is 0.632. The summed E-state index contributed by atoms with van der Waals surface area (Å²) in [7, 11) is -3.77. The van der Waals surface area contributed by atoms with Crippen molar-refractivity contribution in [1.29, 1.82) is 5.26 Å². The van der Waals surface area contributed by atoms with Gasteiger partial charge in [-0.1, -0.05) is 13.3 Å². The minimum atomic E-state index is -4.71. The van der Waals surface area contributed by atoms with E-state index >= 15 is 0 Å². The number of hydrogen-bond acceptors (Lipinski definition) is 3. The van der Waals surface area contributed by atoms with Gasteiger partial charge in [-0.25, -0.2) is 8.42 Å². The summed E-state index contributed by atoms with van der Waals surface area (Å²) in [4.78, 5) is 0. The quantitative estimate of drug-likeness (QED) is 0.762. The molecule has 146 valence electrons. The van der Waals surface area contributed by atoms with Gasteiger partial charge in [-0.15, -0.1) is 0 Å². The number of halogens is 3. The molecule has 1 aromatic carbocycles. The number of sulfonamides is 1. The average molecular weight is 398 g/mol. The van der Waals surface area contributed by atoms with Crippen molar-refractivity contribution in [2.45, 2.75) is 50.0 Å². The highest BCUT2D eigenvalue weighted by atomic mass is 32.2. The number of hydrogen-bond donors (Lipinski definition) is 0. The number of nitrogens with zero attached hydrogens (tertiary/aromatic N) is 2. The van der Waals surface area contributed by atoms with Gasteiger partial charge in [0.05, 0.1) is 27.6 Å². The largest absolute Gasteiger partial charge is 0.417 e. The first-order valence-electron chi connectivity index (χ1n) is 9.30. The molecule has 3 fully saturated rings.